The first kappa shape index (κ1) is 7.19. The Balaban J connectivity index is 2.17. The summed E-state index contributed by atoms with van der Waals surface area (Å²) in [6.07, 6.45) is -0.123. The number of aliphatic hydroxyl groups is 1. The van der Waals surface area contributed by atoms with Crippen LogP contribution in [0.5, 0.6) is 0 Å². The van der Waals surface area contributed by atoms with Crippen molar-refractivity contribution in [2.24, 2.45) is 0 Å². The molecule has 1 aliphatic heterocycles. The Morgan fingerprint density at radius 2 is 2.00 bits per heavy atom. The van der Waals surface area contributed by atoms with Gasteiger partial charge in [-0.05, 0) is 5.56 Å². The SMILES string of the molecule is O[C@H]1CS[C@H]1c1ccccc1. The van der Waals surface area contributed by atoms with Crippen molar-refractivity contribution in [1.29, 1.82) is 0 Å². The second-order valence-electron chi connectivity index (χ2n) is 2.73. The van der Waals surface area contributed by atoms with Crippen LogP contribution >= 0.6 is 11.8 Å². The third-order valence-electron chi connectivity index (χ3n) is 1.92. The zero-order valence-corrected chi connectivity index (χ0v) is 6.92. The lowest BCUT2D eigenvalue weighted by molar-refractivity contribution is 0.182. The van der Waals surface area contributed by atoms with E-state index in [4.69, 9.17) is 0 Å². The summed E-state index contributed by atoms with van der Waals surface area (Å²) < 4.78 is 0. The van der Waals surface area contributed by atoms with Crippen LogP contribution in [0.2, 0.25) is 0 Å². The summed E-state index contributed by atoms with van der Waals surface area (Å²) in [6, 6.07) is 10.2. The molecule has 58 valence electrons. The molecule has 0 amide bonds. The highest BCUT2D eigenvalue weighted by atomic mass is 32.2. The maximum absolute atomic E-state index is 9.34. The van der Waals surface area contributed by atoms with Gasteiger partial charge in [-0.2, -0.15) is 0 Å². The Bertz CT molecular complexity index is 235. The normalized spacial score (nSPS) is 29.5. The van der Waals surface area contributed by atoms with E-state index in [0.717, 1.165) is 5.75 Å². The summed E-state index contributed by atoms with van der Waals surface area (Å²) in [5.74, 6) is 0.888. The third kappa shape index (κ3) is 1.28. The molecule has 1 heterocycles. The van der Waals surface area contributed by atoms with Crippen molar-refractivity contribution in [3.8, 4) is 0 Å². The second-order valence-corrected chi connectivity index (χ2v) is 3.91. The molecule has 0 aliphatic carbocycles. The lowest BCUT2D eigenvalue weighted by Gasteiger charge is -2.31. The smallest absolute Gasteiger partial charge is 0.0790 e. The van der Waals surface area contributed by atoms with E-state index in [1.165, 1.54) is 5.56 Å². The van der Waals surface area contributed by atoms with E-state index in [9.17, 15) is 5.11 Å². The van der Waals surface area contributed by atoms with Gasteiger partial charge in [0.1, 0.15) is 0 Å². The molecule has 0 aromatic heterocycles. The minimum Gasteiger partial charge on any atom is -0.391 e. The van der Waals surface area contributed by atoms with Gasteiger partial charge in [0, 0.05) is 5.75 Å². The predicted molar refractivity (Wildman–Crippen MR) is 47.6 cm³/mol. The van der Waals surface area contributed by atoms with Crippen molar-refractivity contribution in [2.45, 2.75) is 11.4 Å². The van der Waals surface area contributed by atoms with E-state index in [0.29, 0.717) is 5.25 Å². The molecule has 1 saturated heterocycles. The maximum Gasteiger partial charge on any atom is 0.0790 e. The fourth-order valence-corrected chi connectivity index (χ4v) is 2.15. The molecular formula is C9H10OS. The number of aliphatic hydroxyl groups excluding tert-OH is 1. The van der Waals surface area contributed by atoms with E-state index >= 15 is 0 Å². The molecule has 11 heavy (non-hydrogen) atoms. The van der Waals surface area contributed by atoms with Gasteiger partial charge in [0.2, 0.25) is 0 Å². The summed E-state index contributed by atoms with van der Waals surface area (Å²) in [7, 11) is 0. The Morgan fingerprint density at radius 3 is 2.45 bits per heavy atom. The summed E-state index contributed by atoms with van der Waals surface area (Å²) in [6.45, 7) is 0. The molecule has 0 saturated carbocycles. The van der Waals surface area contributed by atoms with Crippen LogP contribution in [0.15, 0.2) is 30.3 Å². The summed E-state index contributed by atoms with van der Waals surface area (Å²) in [5.41, 5.74) is 1.25. The standard InChI is InChI=1S/C9H10OS/c10-8-6-11-9(8)7-4-2-1-3-5-7/h1-5,8-10H,6H2/t8-,9-/m0/s1. The minimum atomic E-state index is -0.123. The molecule has 2 heteroatoms. The van der Waals surface area contributed by atoms with Gasteiger partial charge in [-0.3, -0.25) is 0 Å². The summed E-state index contributed by atoms with van der Waals surface area (Å²) >= 11 is 1.82. The van der Waals surface area contributed by atoms with Crippen molar-refractivity contribution < 1.29 is 5.11 Å². The van der Waals surface area contributed by atoms with Gasteiger partial charge in [-0.15, -0.1) is 11.8 Å². The molecule has 1 N–H and O–H groups in total. The van der Waals surface area contributed by atoms with Crippen LogP contribution < -0.4 is 0 Å². The predicted octanol–water partition coefficient (Wildman–Crippen LogP) is 1.84. The van der Waals surface area contributed by atoms with Crippen molar-refractivity contribution in [2.75, 3.05) is 5.75 Å². The van der Waals surface area contributed by atoms with E-state index in [1.54, 1.807) is 0 Å². The zero-order valence-electron chi connectivity index (χ0n) is 6.10. The Hall–Kier alpha value is -0.470. The van der Waals surface area contributed by atoms with Crippen LogP contribution in [0.1, 0.15) is 10.8 Å². The molecule has 0 radical (unpaired) electrons. The van der Waals surface area contributed by atoms with Crippen molar-refractivity contribution in [3.63, 3.8) is 0 Å². The highest BCUT2D eigenvalue weighted by Gasteiger charge is 2.30. The van der Waals surface area contributed by atoms with Crippen molar-refractivity contribution in [1.82, 2.24) is 0 Å². The van der Waals surface area contributed by atoms with Gasteiger partial charge in [0.05, 0.1) is 11.4 Å². The molecule has 0 bridgehead atoms. The van der Waals surface area contributed by atoms with E-state index in [2.05, 4.69) is 12.1 Å². The number of benzene rings is 1. The Kier molecular flexibility index (Phi) is 1.88. The lowest BCUT2D eigenvalue weighted by atomic mass is 10.1. The molecule has 1 aliphatic rings. The number of thioether (sulfide) groups is 1. The zero-order chi connectivity index (χ0) is 7.68. The van der Waals surface area contributed by atoms with E-state index < -0.39 is 0 Å². The van der Waals surface area contributed by atoms with Gasteiger partial charge in [0.15, 0.2) is 0 Å². The maximum atomic E-state index is 9.34. The van der Waals surface area contributed by atoms with Gasteiger partial charge >= 0.3 is 0 Å². The van der Waals surface area contributed by atoms with Gasteiger partial charge in [-0.25, -0.2) is 0 Å². The first-order valence-corrected chi connectivity index (χ1v) is 4.77. The molecule has 2 rings (SSSR count). The summed E-state index contributed by atoms with van der Waals surface area (Å²) in [5, 5.41) is 9.67. The largest absolute Gasteiger partial charge is 0.391 e. The monoisotopic (exact) mass is 166 g/mol. The van der Waals surface area contributed by atoms with Crippen LogP contribution in [0.25, 0.3) is 0 Å². The average Bonchev–Trinajstić information content (AvgIpc) is 2.04. The first-order valence-electron chi connectivity index (χ1n) is 3.72. The highest BCUT2D eigenvalue weighted by molar-refractivity contribution is 8.01. The van der Waals surface area contributed by atoms with Crippen molar-refractivity contribution >= 4 is 11.8 Å². The number of hydrogen-bond acceptors (Lipinski definition) is 2. The fourth-order valence-electron chi connectivity index (χ4n) is 1.24. The third-order valence-corrected chi connectivity index (χ3v) is 3.40. The van der Waals surface area contributed by atoms with E-state index in [1.807, 2.05) is 30.0 Å². The summed E-state index contributed by atoms with van der Waals surface area (Å²) in [4.78, 5) is 0. The highest BCUT2D eigenvalue weighted by Crippen LogP contribution is 2.42. The quantitative estimate of drug-likeness (QED) is 0.687. The molecule has 1 aromatic carbocycles. The second kappa shape index (κ2) is 2.88. The van der Waals surface area contributed by atoms with Gasteiger partial charge in [0.25, 0.3) is 0 Å². The Labute approximate surface area is 70.4 Å². The van der Waals surface area contributed by atoms with E-state index in [-0.39, 0.29) is 6.10 Å². The Morgan fingerprint density at radius 1 is 1.27 bits per heavy atom. The van der Waals surface area contributed by atoms with Crippen molar-refractivity contribution in [3.05, 3.63) is 35.9 Å². The van der Waals surface area contributed by atoms with Gasteiger partial charge < -0.3 is 5.11 Å². The van der Waals surface area contributed by atoms with Crippen LogP contribution in [0.4, 0.5) is 0 Å². The van der Waals surface area contributed by atoms with Crippen LogP contribution in [-0.4, -0.2) is 17.0 Å². The van der Waals surface area contributed by atoms with Crippen LogP contribution in [0, 0.1) is 0 Å². The first-order chi connectivity index (χ1) is 5.38. The molecule has 0 unspecified atom stereocenters. The molecule has 1 aromatic rings. The number of rotatable bonds is 1. The molecule has 2 atom stereocenters. The van der Waals surface area contributed by atoms with Crippen LogP contribution in [-0.2, 0) is 0 Å². The lowest BCUT2D eigenvalue weighted by Crippen LogP contribution is -2.28. The molecule has 0 spiro atoms. The topological polar surface area (TPSA) is 20.2 Å². The molecule has 1 nitrogen and oxygen atoms in total. The van der Waals surface area contributed by atoms with Crippen LogP contribution in [0.3, 0.4) is 0 Å². The molecular weight excluding hydrogens is 156 g/mol. The minimum absolute atomic E-state index is 0.123. The van der Waals surface area contributed by atoms with Gasteiger partial charge in [-0.1, -0.05) is 30.3 Å². The molecule has 1 fully saturated rings. The average molecular weight is 166 g/mol. The fraction of sp³-hybridized carbons (Fsp3) is 0.333. The number of hydrogen-bond donors (Lipinski definition) is 1.